The number of hydrogen-bond acceptors (Lipinski definition) is 9. The van der Waals surface area contributed by atoms with Crippen molar-refractivity contribution in [3.63, 3.8) is 0 Å². The molecule has 0 aliphatic carbocycles. The van der Waals surface area contributed by atoms with Gasteiger partial charge in [0.15, 0.2) is 23.1 Å². The van der Waals surface area contributed by atoms with Crippen molar-refractivity contribution in [3.05, 3.63) is 59.9 Å². The molecule has 2 heterocycles. The van der Waals surface area contributed by atoms with E-state index in [1.165, 1.54) is 26.6 Å². The van der Waals surface area contributed by atoms with Crippen molar-refractivity contribution in [2.75, 3.05) is 50.7 Å². The lowest BCUT2D eigenvalue weighted by atomic mass is 10.0. The number of anilines is 3. The number of piperidine rings is 1. The summed E-state index contributed by atoms with van der Waals surface area (Å²) in [6.45, 7) is 2.30. The summed E-state index contributed by atoms with van der Waals surface area (Å²) in [7, 11) is 2.57. The van der Waals surface area contributed by atoms with Gasteiger partial charge in [-0.25, -0.2) is 18.7 Å². The predicted octanol–water partition coefficient (Wildman–Crippen LogP) is 3.65. The molecule has 3 aromatic rings. The minimum absolute atomic E-state index is 0.110. The minimum Gasteiger partial charge on any atom is -0.494 e. The van der Waals surface area contributed by atoms with E-state index in [4.69, 9.17) is 19.3 Å². The lowest BCUT2D eigenvalue weighted by Crippen LogP contribution is -2.43. The van der Waals surface area contributed by atoms with Gasteiger partial charge in [-0.1, -0.05) is 0 Å². The Morgan fingerprint density at radius 1 is 1.00 bits per heavy atom. The van der Waals surface area contributed by atoms with Crippen molar-refractivity contribution in [3.8, 4) is 17.4 Å². The fourth-order valence-corrected chi connectivity index (χ4v) is 4.18. The highest BCUT2D eigenvalue weighted by Gasteiger charge is 2.21. The quantitative estimate of drug-likeness (QED) is 0.353. The van der Waals surface area contributed by atoms with Crippen LogP contribution in [0.1, 0.15) is 18.4 Å². The Hall–Kier alpha value is -3.70. The second-order valence-corrected chi connectivity index (χ2v) is 8.53. The molecule has 0 spiro atoms. The summed E-state index contributed by atoms with van der Waals surface area (Å²) in [6.07, 6.45) is 4.93. The maximum absolute atomic E-state index is 14.5. The molecule has 1 fully saturated rings. The van der Waals surface area contributed by atoms with E-state index in [9.17, 15) is 8.78 Å². The van der Waals surface area contributed by atoms with Gasteiger partial charge in [-0.2, -0.15) is 0 Å². The zero-order valence-electron chi connectivity index (χ0n) is 20.8. The molecule has 0 radical (unpaired) electrons. The van der Waals surface area contributed by atoms with Gasteiger partial charge in [-0.3, -0.25) is 0 Å². The Balaban J connectivity index is 1.32. The van der Waals surface area contributed by atoms with E-state index in [0.29, 0.717) is 18.4 Å². The maximum Gasteiger partial charge on any atom is 0.232 e. The second-order valence-electron chi connectivity index (χ2n) is 8.53. The normalized spacial score (nSPS) is 13.9. The van der Waals surface area contributed by atoms with Crippen LogP contribution in [-0.4, -0.2) is 61.6 Å². The molecule has 1 aliphatic rings. The van der Waals surface area contributed by atoms with Crippen molar-refractivity contribution in [1.29, 1.82) is 0 Å². The van der Waals surface area contributed by atoms with Crippen LogP contribution in [0.15, 0.2) is 42.7 Å². The van der Waals surface area contributed by atoms with Crippen LogP contribution < -0.4 is 29.7 Å². The Labute approximate surface area is 214 Å². The molecule has 3 N–H and O–H groups in total. The number of ether oxygens (including phenoxy) is 3. The van der Waals surface area contributed by atoms with Crippen LogP contribution >= 0.6 is 0 Å². The van der Waals surface area contributed by atoms with Crippen LogP contribution in [0.5, 0.6) is 17.4 Å². The van der Waals surface area contributed by atoms with Crippen molar-refractivity contribution < 1.29 is 28.1 Å². The summed E-state index contributed by atoms with van der Waals surface area (Å²) in [5.41, 5.74) is 1.67. The smallest absolute Gasteiger partial charge is 0.232 e. The summed E-state index contributed by atoms with van der Waals surface area (Å²) in [4.78, 5) is 10.8. The minimum atomic E-state index is -0.863. The van der Waals surface area contributed by atoms with Crippen LogP contribution in [0.4, 0.5) is 26.0 Å². The molecule has 198 valence electrons. The van der Waals surface area contributed by atoms with E-state index in [1.54, 1.807) is 0 Å². The molecule has 0 amide bonds. The number of hydrogen-bond donors (Lipinski definition) is 3. The fraction of sp³-hybridized carbons (Fsp3) is 0.385. The van der Waals surface area contributed by atoms with Gasteiger partial charge in [-0.05, 0) is 37.1 Å². The molecule has 1 saturated heterocycles. The maximum atomic E-state index is 14.5. The largest absolute Gasteiger partial charge is 0.494 e. The predicted molar refractivity (Wildman–Crippen MR) is 136 cm³/mol. The standard InChI is InChI=1S/C26H31F2N5O4/c1-35-21-13-22(36-2)26(28)20(25(21)27)16-37-24-15-30-23(14-31-24)32-18-3-5-19(6-4-18)33-10-7-17(8-11-33)29-9-12-34/h3-6,13-15,17,29,34H,7-12,16H2,1-2H3,(H,30,32). The average Bonchev–Trinajstić information content (AvgIpc) is 2.93. The molecule has 9 nitrogen and oxygen atoms in total. The van der Waals surface area contributed by atoms with Gasteiger partial charge in [0.2, 0.25) is 5.88 Å². The molecule has 1 aromatic heterocycles. The van der Waals surface area contributed by atoms with Gasteiger partial charge in [0.05, 0.1) is 38.8 Å². The molecular formula is C26H31F2N5O4. The van der Waals surface area contributed by atoms with Crippen LogP contribution in [0, 0.1) is 11.6 Å². The van der Waals surface area contributed by atoms with Gasteiger partial charge >= 0.3 is 0 Å². The highest BCUT2D eigenvalue weighted by molar-refractivity contribution is 5.60. The Kier molecular flexibility index (Phi) is 8.91. The number of rotatable bonds is 11. The summed E-state index contributed by atoms with van der Waals surface area (Å²) in [6, 6.07) is 9.64. The first-order chi connectivity index (χ1) is 18.0. The van der Waals surface area contributed by atoms with Gasteiger partial charge in [-0.15, -0.1) is 0 Å². The van der Waals surface area contributed by atoms with Crippen molar-refractivity contribution in [2.45, 2.75) is 25.5 Å². The van der Waals surface area contributed by atoms with Crippen LogP contribution in [0.3, 0.4) is 0 Å². The lowest BCUT2D eigenvalue weighted by Gasteiger charge is -2.34. The first kappa shape index (κ1) is 26.4. The molecular weight excluding hydrogens is 484 g/mol. The summed E-state index contributed by atoms with van der Waals surface area (Å²) < 4.78 is 44.4. The van der Waals surface area contributed by atoms with E-state index in [2.05, 4.69) is 37.6 Å². The van der Waals surface area contributed by atoms with Gasteiger partial charge in [0, 0.05) is 43.1 Å². The van der Waals surface area contributed by atoms with E-state index < -0.39 is 18.2 Å². The summed E-state index contributed by atoms with van der Waals surface area (Å²) in [5.74, 6) is -1.41. The number of aliphatic hydroxyl groups excluding tert-OH is 1. The van der Waals surface area contributed by atoms with Gasteiger partial charge < -0.3 is 34.9 Å². The molecule has 0 bridgehead atoms. The molecule has 1 aliphatic heterocycles. The van der Waals surface area contributed by atoms with Crippen LogP contribution in [-0.2, 0) is 6.61 Å². The van der Waals surface area contributed by atoms with E-state index in [-0.39, 0.29) is 29.5 Å². The average molecular weight is 516 g/mol. The number of halogens is 2. The van der Waals surface area contributed by atoms with Crippen molar-refractivity contribution in [1.82, 2.24) is 15.3 Å². The van der Waals surface area contributed by atoms with Crippen LogP contribution in [0.25, 0.3) is 0 Å². The first-order valence-electron chi connectivity index (χ1n) is 12.0. The highest BCUT2D eigenvalue weighted by atomic mass is 19.1. The SMILES string of the molecule is COc1cc(OC)c(F)c(COc2cnc(Nc3ccc(N4CCC(NCCO)CC4)cc3)cn2)c1F. The number of aliphatic hydroxyl groups is 1. The summed E-state index contributed by atoms with van der Waals surface area (Å²) >= 11 is 0. The third-order valence-corrected chi connectivity index (χ3v) is 6.20. The zero-order chi connectivity index (χ0) is 26.2. The Morgan fingerprint density at radius 3 is 2.24 bits per heavy atom. The molecule has 37 heavy (non-hydrogen) atoms. The number of nitrogens with zero attached hydrogens (tertiary/aromatic N) is 3. The van der Waals surface area contributed by atoms with Crippen LogP contribution in [0.2, 0.25) is 0 Å². The number of nitrogens with one attached hydrogen (secondary N) is 2. The molecule has 2 aromatic carbocycles. The number of benzene rings is 2. The monoisotopic (exact) mass is 515 g/mol. The van der Waals surface area contributed by atoms with E-state index >= 15 is 0 Å². The third kappa shape index (κ3) is 6.55. The molecule has 4 rings (SSSR count). The Bertz CT molecular complexity index is 1130. The van der Waals surface area contributed by atoms with Gasteiger partial charge in [0.25, 0.3) is 0 Å². The molecule has 0 unspecified atom stereocenters. The number of methoxy groups -OCH3 is 2. The second kappa shape index (κ2) is 12.5. The highest BCUT2D eigenvalue weighted by Crippen LogP contribution is 2.32. The third-order valence-electron chi connectivity index (χ3n) is 6.20. The topological polar surface area (TPSA) is 101 Å². The first-order valence-corrected chi connectivity index (χ1v) is 12.0. The van der Waals surface area contributed by atoms with Crippen molar-refractivity contribution >= 4 is 17.2 Å². The molecule has 0 saturated carbocycles. The Morgan fingerprint density at radius 2 is 1.68 bits per heavy atom. The summed E-state index contributed by atoms with van der Waals surface area (Å²) in [5, 5.41) is 15.5. The molecule has 0 atom stereocenters. The lowest BCUT2D eigenvalue weighted by molar-refractivity contribution is 0.271. The molecule has 11 heteroatoms. The fourth-order valence-electron chi connectivity index (χ4n) is 4.18. The number of aromatic nitrogens is 2. The van der Waals surface area contributed by atoms with Gasteiger partial charge in [0.1, 0.15) is 12.4 Å². The van der Waals surface area contributed by atoms with Crippen molar-refractivity contribution in [2.24, 2.45) is 0 Å². The zero-order valence-corrected chi connectivity index (χ0v) is 20.8. The van der Waals surface area contributed by atoms with E-state index in [1.807, 2.05) is 12.1 Å². The van der Waals surface area contributed by atoms with E-state index in [0.717, 1.165) is 43.4 Å².